The van der Waals surface area contributed by atoms with E-state index < -0.39 is 0 Å². The molecule has 0 aliphatic carbocycles. The van der Waals surface area contributed by atoms with Gasteiger partial charge in [0.25, 0.3) is 5.91 Å². The number of aryl methyl sites for hydroxylation is 1. The van der Waals surface area contributed by atoms with E-state index in [-0.39, 0.29) is 12.2 Å². The monoisotopic (exact) mass is 452 g/mol. The van der Waals surface area contributed by atoms with Crippen LogP contribution in [-0.2, 0) is 0 Å². The van der Waals surface area contributed by atoms with Gasteiger partial charge >= 0.3 is 0 Å². The van der Waals surface area contributed by atoms with Crippen LogP contribution in [0.1, 0.15) is 16.1 Å². The van der Waals surface area contributed by atoms with E-state index in [9.17, 15) is 4.79 Å². The van der Waals surface area contributed by atoms with Crippen molar-refractivity contribution in [3.8, 4) is 0 Å². The van der Waals surface area contributed by atoms with Crippen LogP contribution in [0.4, 0.5) is 22.7 Å². The quantitative estimate of drug-likeness (QED) is 0.283. The molecule has 0 saturated heterocycles. The van der Waals surface area contributed by atoms with E-state index in [0.29, 0.717) is 38.3 Å². The summed E-state index contributed by atoms with van der Waals surface area (Å²) >= 11 is 12.6. The molecule has 0 spiro atoms. The zero-order chi connectivity index (χ0) is 21.5. The number of para-hydroxylation sites is 2. The summed E-state index contributed by atoms with van der Waals surface area (Å²) in [6, 6.07) is 18.3. The number of nitrogens with one attached hydrogen (secondary N) is 4. The molecule has 0 saturated carbocycles. The Hall–Kier alpha value is -3.35. The molecule has 0 radical (unpaired) electrons. The fraction of sp³-hybridized carbons (Fsp3) is 0.0870. The van der Waals surface area contributed by atoms with Crippen molar-refractivity contribution in [2.45, 2.75) is 13.2 Å². The molecule has 1 atom stereocenters. The number of hydrogen-bond donors (Lipinski definition) is 4. The largest absolute Gasteiger partial charge is 0.460 e. The van der Waals surface area contributed by atoms with E-state index in [1.807, 2.05) is 43.3 Å². The second kappa shape index (κ2) is 7.72. The van der Waals surface area contributed by atoms with Gasteiger partial charge < -0.3 is 25.7 Å². The lowest BCUT2D eigenvalue weighted by Gasteiger charge is -2.17. The third-order valence-electron chi connectivity index (χ3n) is 5.04. The summed E-state index contributed by atoms with van der Waals surface area (Å²) in [5.74, 6) is 0.463. The molecule has 0 fully saturated rings. The molecule has 1 aromatic heterocycles. The highest BCUT2D eigenvalue weighted by Crippen LogP contribution is 2.41. The second-order valence-electron chi connectivity index (χ2n) is 7.23. The third-order valence-corrected chi connectivity index (χ3v) is 5.67. The zero-order valence-corrected chi connectivity index (χ0v) is 17.9. The van der Waals surface area contributed by atoms with Gasteiger partial charge in [-0.15, -0.1) is 0 Å². The minimum Gasteiger partial charge on any atom is -0.460 e. The lowest BCUT2D eigenvalue weighted by molar-refractivity contribution is 0.102. The number of anilines is 4. The van der Waals surface area contributed by atoms with Crippen LogP contribution in [0.3, 0.4) is 0 Å². The molecule has 8 heteroatoms. The van der Waals surface area contributed by atoms with E-state index in [1.165, 1.54) is 0 Å². The first kappa shape index (κ1) is 19.6. The Kier molecular flexibility index (Phi) is 4.88. The van der Waals surface area contributed by atoms with E-state index in [4.69, 9.17) is 27.6 Å². The minimum absolute atomic E-state index is 0.249. The number of halogens is 2. The molecule has 156 valence electrons. The highest BCUT2D eigenvalue weighted by Gasteiger charge is 2.27. The van der Waals surface area contributed by atoms with E-state index in [0.717, 1.165) is 16.8 Å². The highest BCUT2D eigenvalue weighted by molar-refractivity contribution is 6.39. The minimum atomic E-state index is -0.377. The van der Waals surface area contributed by atoms with Gasteiger partial charge in [-0.05, 0) is 43.3 Å². The van der Waals surface area contributed by atoms with Gasteiger partial charge in [-0.1, -0.05) is 47.5 Å². The number of amides is 1. The summed E-state index contributed by atoms with van der Waals surface area (Å²) in [6.45, 7) is 1.85. The Morgan fingerprint density at radius 3 is 2.48 bits per heavy atom. The van der Waals surface area contributed by atoms with Crippen LogP contribution in [0.15, 0.2) is 65.1 Å². The molecule has 5 rings (SSSR count). The molecule has 1 unspecified atom stereocenters. The Labute approximate surface area is 188 Å². The Morgan fingerprint density at radius 1 is 1.00 bits per heavy atom. The van der Waals surface area contributed by atoms with Crippen molar-refractivity contribution < 1.29 is 9.21 Å². The van der Waals surface area contributed by atoms with Crippen LogP contribution in [0.2, 0.25) is 10.0 Å². The number of furan rings is 1. The second-order valence-corrected chi connectivity index (χ2v) is 8.04. The van der Waals surface area contributed by atoms with Crippen LogP contribution >= 0.6 is 23.2 Å². The average Bonchev–Trinajstić information content (AvgIpc) is 3.33. The summed E-state index contributed by atoms with van der Waals surface area (Å²) in [5, 5.41) is 14.7. The summed E-state index contributed by atoms with van der Waals surface area (Å²) in [4.78, 5) is 13.0. The Balaban J connectivity index is 1.49. The van der Waals surface area contributed by atoms with Crippen LogP contribution < -0.4 is 21.3 Å². The van der Waals surface area contributed by atoms with E-state index >= 15 is 0 Å². The number of rotatable bonds is 4. The molecule has 4 N–H and O–H groups in total. The number of fused-ring (bicyclic) bond motifs is 3. The number of carbonyl (C=O) groups is 1. The summed E-state index contributed by atoms with van der Waals surface area (Å²) < 4.78 is 5.88. The first-order valence-electron chi connectivity index (χ1n) is 9.67. The summed E-state index contributed by atoms with van der Waals surface area (Å²) in [5.41, 5.74) is 3.90. The van der Waals surface area contributed by atoms with Crippen molar-refractivity contribution in [1.82, 2.24) is 0 Å². The van der Waals surface area contributed by atoms with E-state index in [2.05, 4.69) is 21.3 Å². The smallest absolute Gasteiger partial charge is 0.259 e. The fourth-order valence-electron chi connectivity index (χ4n) is 3.67. The van der Waals surface area contributed by atoms with Crippen LogP contribution in [0.5, 0.6) is 0 Å². The lowest BCUT2D eigenvalue weighted by Crippen LogP contribution is -2.31. The summed E-state index contributed by atoms with van der Waals surface area (Å²) in [7, 11) is 0. The maximum Gasteiger partial charge on any atom is 0.259 e. The van der Waals surface area contributed by atoms with Crippen LogP contribution in [0, 0.1) is 6.92 Å². The van der Waals surface area contributed by atoms with Gasteiger partial charge in [0.05, 0.1) is 32.7 Å². The van der Waals surface area contributed by atoms with Gasteiger partial charge in [0.1, 0.15) is 11.3 Å². The van der Waals surface area contributed by atoms with Crippen molar-refractivity contribution >= 4 is 62.8 Å². The standard InChI is InChI=1S/C23H18Cl2N4O2/c1-12-10-14-19-18(27-23(28-19)29-20-16(24)8-5-9-17(20)25)11-15(21(14)31-12)22(30)26-13-6-3-2-4-7-13/h2-11,23,27-29H,1H3,(H,26,30). The molecule has 4 aromatic rings. The number of benzene rings is 3. The predicted octanol–water partition coefficient (Wildman–Crippen LogP) is 6.53. The summed E-state index contributed by atoms with van der Waals surface area (Å²) in [6.07, 6.45) is -0.377. The number of carbonyl (C=O) groups excluding carboxylic acids is 1. The Morgan fingerprint density at radius 2 is 1.74 bits per heavy atom. The maximum atomic E-state index is 13.0. The maximum absolute atomic E-state index is 13.0. The SMILES string of the molecule is Cc1cc2c3c(cc(C(=O)Nc4ccccc4)c2o1)NC(Nc1c(Cl)cccc1Cl)N3. The van der Waals surface area contributed by atoms with Gasteiger partial charge in [-0.25, -0.2) is 0 Å². The molecular formula is C23H18Cl2N4O2. The zero-order valence-electron chi connectivity index (χ0n) is 16.4. The normalized spacial score (nSPS) is 14.6. The first-order valence-corrected chi connectivity index (χ1v) is 10.4. The van der Waals surface area contributed by atoms with Crippen LogP contribution in [-0.4, -0.2) is 12.2 Å². The number of hydrogen-bond acceptors (Lipinski definition) is 5. The average molecular weight is 453 g/mol. The highest BCUT2D eigenvalue weighted by atomic mass is 35.5. The van der Waals surface area contributed by atoms with Gasteiger partial charge in [-0.3, -0.25) is 4.79 Å². The lowest BCUT2D eigenvalue weighted by atomic mass is 10.1. The van der Waals surface area contributed by atoms with Crippen molar-refractivity contribution in [2.75, 3.05) is 21.3 Å². The van der Waals surface area contributed by atoms with E-state index in [1.54, 1.807) is 24.3 Å². The molecule has 1 aliphatic heterocycles. The molecular weight excluding hydrogens is 435 g/mol. The van der Waals surface area contributed by atoms with Gasteiger partial charge in [0, 0.05) is 11.1 Å². The van der Waals surface area contributed by atoms with Crippen molar-refractivity contribution in [2.24, 2.45) is 0 Å². The molecule has 1 aliphatic rings. The molecule has 31 heavy (non-hydrogen) atoms. The van der Waals surface area contributed by atoms with Crippen molar-refractivity contribution in [1.29, 1.82) is 0 Å². The third kappa shape index (κ3) is 3.65. The van der Waals surface area contributed by atoms with Gasteiger partial charge in [0.2, 0.25) is 0 Å². The fourth-order valence-corrected chi connectivity index (χ4v) is 4.18. The molecule has 0 bridgehead atoms. The molecule has 6 nitrogen and oxygen atoms in total. The van der Waals surface area contributed by atoms with Crippen molar-refractivity contribution in [3.63, 3.8) is 0 Å². The Bertz CT molecular complexity index is 1280. The predicted molar refractivity (Wildman–Crippen MR) is 126 cm³/mol. The first-order chi connectivity index (χ1) is 15.0. The molecule has 2 heterocycles. The molecule has 1 amide bonds. The van der Waals surface area contributed by atoms with Gasteiger partial charge in [-0.2, -0.15) is 0 Å². The topological polar surface area (TPSA) is 78.3 Å². The van der Waals surface area contributed by atoms with Crippen LogP contribution in [0.25, 0.3) is 11.0 Å². The molecule has 3 aromatic carbocycles. The van der Waals surface area contributed by atoms with Crippen molar-refractivity contribution in [3.05, 3.63) is 82.0 Å². The van der Waals surface area contributed by atoms with Gasteiger partial charge in [0.15, 0.2) is 6.29 Å².